The highest BCUT2D eigenvalue weighted by Crippen LogP contribution is 2.28. The maximum absolute atomic E-state index is 12.1. The smallest absolute Gasteiger partial charge is 0.240 e. The van der Waals surface area contributed by atoms with Crippen molar-refractivity contribution in [3.05, 3.63) is 29.3 Å². The molecular weight excluding hydrogens is 322 g/mol. The average Bonchev–Trinajstić information content (AvgIpc) is 2.82. The number of aryl methyl sites for hydroxylation is 2. The van der Waals surface area contributed by atoms with Gasteiger partial charge in [-0.25, -0.2) is 4.99 Å². The Kier molecular flexibility index (Phi) is 6.43. The zero-order valence-electron chi connectivity index (χ0n) is 14.7. The third kappa shape index (κ3) is 5.09. The Balaban J connectivity index is 1.96. The Morgan fingerprint density at radius 2 is 2.00 bits per heavy atom. The van der Waals surface area contributed by atoms with Gasteiger partial charge in [0.05, 0.1) is 5.69 Å². The quantitative estimate of drug-likeness (QED) is 0.831. The number of amides is 2. The predicted molar refractivity (Wildman–Crippen MR) is 99.6 cm³/mol. The van der Waals surface area contributed by atoms with E-state index in [1.54, 1.807) is 0 Å². The molecule has 1 aliphatic heterocycles. The number of carbonyl (C=O) groups is 2. The molecule has 24 heavy (non-hydrogen) atoms. The first kappa shape index (κ1) is 18.5. The highest BCUT2D eigenvalue weighted by Gasteiger charge is 2.32. The second-order valence-electron chi connectivity index (χ2n) is 6.49. The molecule has 1 saturated heterocycles. The third-order valence-corrected chi connectivity index (χ3v) is 4.93. The summed E-state index contributed by atoms with van der Waals surface area (Å²) in [5.41, 5.74) is 3.00. The Labute approximate surface area is 147 Å². The van der Waals surface area contributed by atoms with Crippen LogP contribution in [0.25, 0.3) is 0 Å². The minimum absolute atomic E-state index is 0.0865. The highest BCUT2D eigenvalue weighted by atomic mass is 32.2. The largest absolute Gasteiger partial charge is 0.356 e. The summed E-state index contributed by atoms with van der Waals surface area (Å²) in [6, 6.07) is 5.97. The van der Waals surface area contributed by atoms with Gasteiger partial charge in [-0.05, 0) is 37.3 Å². The number of carbonyl (C=O) groups excluding carboxylic acids is 2. The summed E-state index contributed by atoms with van der Waals surface area (Å²) in [6.45, 7) is 8.87. The molecule has 1 aromatic carbocycles. The Morgan fingerprint density at radius 3 is 2.62 bits per heavy atom. The lowest BCUT2D eigenvalue weighted by molar-refractivity contribution is -0.125. The SMILES string of the molecule is Cc1cccc(C)c1N=C1NC(=O)[C@H](CC(=O)NCCC(C)C)S1. The number of para-hydroxylation sites is 1. The molecule has 5 nitrogen and oxygen atoms in total. The number of amidine groups is 1. The number of nitrogens with one attached hydrogen (secondary N) is 2. The van der Waals surface area contributed by atoms with Crippen molar-refractivity contribution in [1.82, 2.24) is 10.6 Å². The molecule has 2 amide bonds. The van der Waals surface area contributed by atoms with Gasteiger partial charge in [-0.1, -0.05) is 43.8 Å². The maximum atomic E-state index is 12.1. The fourth-order valence-corrected chi connectivity index (χ4v) is 3.39. The van der Waals surface area contributed by atoms with E-state index >= 15 is 0 Å². The molecule has 0 aliphatic carbocycles. The number of nitrogens with zero attached hydrogens (tertiary/aromatic N) is 1. The molecule has 1 aliphatic rings. The van der Waals surface area contributed by atoms with Crippen LogP contribution in [-0.4, -0.2) is 28.8 Å². The molecule has 2 N–H and O–H groups in total. The zero-order chi connectivity index (χ0) is 17.7. The van der Waals surface area contributed by atoms with Crippen molar-refractivity contribution in [3.63, 3.8) is 0 Å². The molecule has 1 heterocycles. The van der Waals surface area contributed by atoms with E-state index in [0.29, 0.717) is 17.6 Å². The van der Waals surface area contributed by atoms with Gasteiger partial charge in [0.15, 0.2) is 5.17 Å². The van der Waals surface area contributed by atoms with Crippen LogP contribution in [0.1, 0.15) is 37.8 Å². The van der Waals surface area contributed by atoms with Crippen molar-refractivity contribution < 1.29 is 9.59 Å². The first-order chi connectivity index (χ1) is 11.4. The number of benzene rings is 1. The van der Waals surface area contributed by atoms with Crippen LogP contribution in [0.4, 0.5) is 5.69 Å². The van der Waals surface area contributed by atoms with Gasteiger partial charge in [-0.3, -0.25) is 9.59 Å². The second kappa shape index (κ2) is 8.33. The summed E-state index contributed by atoms with van der Waals surface area (Å²) in [7, 11) is 0. The topological polar surface area (TPSA) is 70.6 Å². The monoisotopic (exact) mass is 347 g/mol. The lowest BCUT2D eigenvalue weighted by Gasteiger charge is -2.08. The highest BCUT2D eigenvalue weighted by molar-refractivity contribution is 8.15. The molecule has 1 atom stereocenters. The second-order valence-corrected chi connectivity index (χ2v) is 7.68. The van der Waals surface area contributed by atoms with Crippen LogP contribution in [0.2, 0.25) is 0 Å². The van der Waals surface area contributed by atoms with Crippen molar-refractivity contribution in [3.8, 4) is 0 Å². The molecule has 0 spiro atoms. The van der Waals surface area contributed by atoms with E-state index in [-0.39, 0.29) is 18.2 Å². The predicted octanol–water partition coefficient (Wildman–Crippen LogP) is 3.07. The number of thioether (sulfide) groups is 1. The van der Waals surface area contributed by atoms with Gasteiger partial charge >= 0.3 is 0 Å². The fourth-order valence-electron chi connectivity index (χ4n) is 2.42. The van der Waals surface area contributed by atoms with Gasteiger partial charge in [0, 0.05) is 13.0 Å². The molecular formula is C18H25N3O2S. The van der Waals surface area contributed by atoms with E-state index in [1.165, 1.54) is 11.8 Å². The molecule has 1 fully saturated rings. The fraction of sp³-hybridized carbons (Fsp3) is 0.500. The van der Waals surface area contributed by atoms with Gasteiger partial charge in [-0.2, -0.15) is 0 Å². The maximum Gasteiger partial charge on any atom is 0.240 e. The van der Waals surface area contributed by atoms with E-state index in [0.717, 1.165) is 23.2 Å². The Morgan fingerprint density at radius 1 is 1.33 bits per heavy atom. The molecule has 0 saturated carbocycles. The first-order valence-electron chi connectivity index (χ1n) is 8.26. The Bertz CT molecular complexity index is 635. The van der Waals surface area contributed by atoms with E-state index < -0.39 is 5.25 Å². The van der Waals surface area contributed by atoms with Crippen LogP contribution in [-0.2, 0) is 9.59 Å². The number of hydrogen-bond acceptors (Lipinski definition) is 4. The van der Waals surface area contributed by atoms with Crippen molar-refractivity contribution >= 4 is 34.4 Å². The average molecular weight is 347 g/mol. The minimum Gasteiger partial charge on any atom is -0.356 e. The van der Waals surface area contributed by atoms with Crippen LogP contribution in [0.15, 0.2) is 23.2 Å². The number of hydrogen-bond donors (Lipinski definition) is 2. The lowest BCUT2D eigenvalue weighted by atomic mass is 10.1. The van der Waals surface area contributed by atoms with Gasteiger partial charge < -0.3 is 10.6 Å². The van der Waals surface area contributed by atoms with Crippen LogP contribution in [0.5, 0.6) is 0 Å². The number of rotatable bonds is 6. The summed E-state index contributed by atoms with van der Waals surface area (Å²) in [5.74, 6) is 0.311. The van der Waals surface area contributed by atoms with Crippen molar-refractivity contribution in [2.45, 2.75) is 45.8 Å². The zero-order valence-corrected chi connectivity index (χ0v) is 15.5. The number of aliphatic imine (C=N–C) groups is 1. The van der Waals surface area contributed by atoms with Crippen LogP contribution < -0.4 is 10.6 Å². The Hall–Kier alpha value is -1.82. The van der Waals surface area contributed by atoms with Crippen molar-refractivity contribution in [2.24, 2.45) is 10.9 Å². The standard InChI is InChI=1S/C18H25N3O2S/c1-11(2)8-9-19-15(22)10-14-17(23)21-18(24-14)20-16-12(3)6-5-7-13(16)4/h5-7,11,14H,8-10H2,1-4H3,(H,19,22)(H,20,21,23)/t14-/m0/s1. The van der Waals surface area contributed by atoms with E-state index in [1.807, 2.05) is 32.0 Å². The van der Waals surface area contributed by atoms with Gasteiger partial charge in [-0.15, -0.1) is 0 Å². The third-order valence-electron chi connectivity index (χ3n) is 3.84. The van der Waals surface area contributed by atoms with Crippen LogP contribution in [0.3, 0.4) is 0 Å². The van der Waals surface area contributed by atoms with Crippen molar-refractivity contribution in [1.29, 1.82) is 0 Å². The lowest BCUT2D eigenvalue weighted by Crippen LogP contribution is -2.32. The van der Waals surface area contributed by atoms with Crippen LogP contribution in [0, 0.1) is 19.8 Å². The molecule has 0 radical (unpaired) electrons. The molecule has 0 unspecified atom stereocenters. The molecule has 130 valence electrons. The summed E-state index contributed by atoms with van der Waals surface area (Å²) in [5, 5.41) is 5.81. The molecule has 2 rings (SSSR count). The van der Waals surface area contributed by atoms with Gasteiger partial charge in [0.1, 0.15) is 5.25 Å². The summed E-state index contributed by atoms with van der Waals surface area (Å²) < 4.78 is 0. The van der Waals surface area contributed by atoms with E-state index in [2.05, 4.69) is 29.5 Å². The molecule has 6 heteroatoms. The normalized spacial score (nSPS) is 19.0. The summed E-state index contributed by atoms with van der Waals surface area (Å²) in [4.78, 5) is 28.6. The summed E-state index contributed by atoms with van der Waals surface area (Å²) >= 11 is 1.33. The summed E-state index contributed by atoms with van der Waals surface area (Å²) in [6.07, 6.45) is 1.12. The van der Waals surface area contributed by atoms with Gasteiger partial charge in [0.25, 0.3) is 0 Å². The van der Waals surface area contributed by atoms with Crippen molar-refractivity contribution in [2.75, 3.05) is 6.54 Å². The van der Waals surface area contributed by atoms with E-state index in [9.17, 15) is 9.59 Å². The van der Waals surface area contributed by atoms with E-state index in [4.69, 9.17) is 0 Å². The molecule has 1 aromatic rings. The van der Waals surface area contributed by atoms with Crippen LogP contribution >= 0.6 is 11.8 Å². The minimum atomic E-state index is -0.410. The molecule has 0 bridgehead atoms. The molecule has 0 aromatic heterocycles. The van der Waals surface area contributed by atoms with Gasteiger partial charge in [0.2, 0.25) is 11.8 Å². The first-order valence-corrected chi connectivity index (χ1v) is 9.14.